The van der Waals surface area contributed by atoms with Gasteiger partial charge in [-0.05, 0) is 25.0 Å². The van der Waals surface area contributed by atoms with E-state index in [2.05, 4.69) is 5.32 Å². The highest BCUT2D eigenvalue weighted by molar-refractivity contribution is 7.20. The van der Waals surface area contributed by atoms with E-state index in [9.17, 15) is 4.79 Å². The van der Waals surface area contributed by atoms with Crippen molar-refractivity contribution in [3.8, 4) is 0 Å². The number of halogens is 2. The zero-order chi connectivity index (χ0) is 13.0. The molecule has 0 radical (unpaired) electrons. The van der Waals surface area contributed by atoms with Gasteiger partial charge in [0.1, 0.15) is 6.04 Å². The SMILES string of the molecule is CCC(NC(C)c1cc(Cl)sc1Cl)C(=O)OC. The van der Waals surface area contributed by atoms with E-state index in [1.807, 2.05) is 19.9 Å². The minimum absolute atomic E-state index is 0.0460. The molecule has 0 aliphatic carbocycles. The monoisotopic (exact) mass is 295 g/mol. The van der Waals surface area contributed by atoms with Crippen LogP contribution in [0.5, 0.6) is 0 Å². The lowest BCUT2D eigenvalue weighted by molar-refractivity contribution is -0.143. The second kappa shape index (κ2) is 6.59. The van der Waals surface area contributed by atoms with E-state index in [0.717, 1.165) is 5.56 Å². The molecule has 1 N–H and O–H groups in total. The van der Waals surface area contributed by atoms with Crippen LogP contribution >= 0.6 is 34.5 Å². The molecule has 1 aromatic rings. The lowest BCUT2D eigenvalue weighted by Crippen LogP contribution is -2.38. The number of carbonyl (C=O) groups excluding carboxylic acids is 1. The van der Waals surface area contributed by atoms with Crippen molar-refractivity contribution in [2.45, 2.75) is 32.4 Å². The van der Waals surface area contributed by atoms with Gasteiger partial charge in [0.2, 0.25) is 0 Å². The molecule has 0 aromatic carbocycles. The number of carbonyl (C=O) groups is 1. The Morgan fingerprint density at radius 1 is 1.59 bits per heavy atom. The Hall–Kier alpha value is -0.290. The standard InChI is InChI=1S/C11H15Cl2NO2S/c1-4-8(11(15)16-3)14-6(2)7-5-9(12)17-10(7)13/h5-6,8,14H,4H2,1-3H3. The lowest BCUT2D eigenvalue weighted by Gasteiger charge is -2.20. The number of hydrogen-bond donors (Lipinski definition) is 1. The van der Waals surface area contributed by atoms with Gasteiger partial charge in [-0.25, -0.2) is 0 Å². The molecule has 96 valence electrons. The van der Waals surface area contributed by atoms with Crippen molar-refractivity contribution in [2.24, 2.45) is 0 Å². The van der Waals surface area contributed by atoms with Gasteiger partial charge in [0, 0.05) is 6.04 Å². The van der Waals surface area contributed by atoms with E-state index in [1.165, 1.54) is 18.4 Å². The summed E-state index contributed by atoms with van der Waals surface area (Å²) in [4.78, 5) is 11.5. The van der Waals surface area contributed by atoms with Crippen molar-refractivity contribution >= 4 is 40.5 Å². The molecule has 0 saturated heterocycles. The Bertz CT molecular complexity index is 395. The number of ether oxygens (including phenoxy) is 1. The van der Waals surface area contributed by atoms with Crippen LogP contribution in [-0.4, -0.2) is 19.1 Å². The third-order valence-electron chi connectivity index (χ3n) is 2.49. The maximum atomic E-state index is 11.5. The molecule has 2 atom stereocenters. The van der Waals surface area contributed by atoms with Gasteiger partial charge >= 0.3 is 5.97 Å². The third kappa shape index (κ3) is 3.85. The van der Waals surface area contributed by atoms with Gasteiger partial charge in [-0.2, -0.15) is 0 Å². The number of hydrogen-bond acceptors (Lipinski definition) is 4. The molecule has 0 fully saturated rings. The molecule has 0 amide bonds. The molecule has 0 aliphatic heterocycles. The molecule has 0 saturated carbocycles. The number of methoxy groups -OCH3 is 1. The first-order valence-electron chi connectivity index (χ1n) is 5.28. The second-order valence-corrected chi connectivity index (χ2v) is 5.94. The molecule has 17 heavy (non-hydrogen) atoms. The first-order chi connectivity index (χ1) is 7.99. The van der Waals surface area contributed by atoms with Crippen molar-refractivity contribution in [2.75, 3.05) is 7.11 Å². The van der Waals surface area contributed by atoms with Crippen molar-refractivity contribution in [1.82, 2.24) is 5.32 Å². The fraction of sp³-hybridized carbons (Fsp3) is 0.545. The molecule has 0 bridgehead atoms. The Morgan fingerprint density at radius 3 is 2.65 bits per heavy atom. The van der Waals surface area contributed by atoms with Gasteiger partial charge in [-0.15, -0.1) is 11.3 Å². The average molecular weight is 296 g/mol. The summed E-state index contributed by atoms with van der Waals surface area (Å²) in [5.74, 6) is -0.267. The van der Waals surface area contributed by atoms with Crippen LogP contribution in [0.4, 0.5) is 0 Å². The Kier molecular flexibility index (Phi) is 5.73. The maximum absolute atomic E-state index is 11.5. The summed E-state index contributed by atoms with van der Waals surface area (Å²) in [7, 11) is 1.38. The zero-order valence-electron chi connectivity index (χ0n) is 9.92. The van der Waals surface area contributed by atoms with Crippen LogP contribution in [-0.2, 0) is 9.53 Å². The molecule has 3 nitrogen and oxygen atoms in total. The molecule has 1 aromatic heterocycles. The quantitative estimate of drug-likeness (QED) is 0.843. The maximum Gasteiger partial charge on any atom is 0.322 e. The smallest absolute Gasteiger partial charge is 0.322 e. The molecule has 0 aliphatic rings. The summed E-state index contributed by atoms with van der Waals surface area (Å²) in [5, 5.41) is 3.18. The second-order valence-electron chi connectivity index (χ2n) is 3.65. The zero-order valence-corrected chi connectivity index (χ0v) is 12.2. The number of nitrogens with one attached hydrogen (secondary N) is 1. The highest BCUT2D eigenvalue weighted by Gasteiger charge is 2.21. The van der Waals surface area contributed by atoms with Crippen LogP contribution in [0.15, 0.2) is 6.07 Å². The van der Waals surface area contributed by atoms with Gasteiger partial charge in [0.25, 0.3) is 0 Å². The largest absolute Gasteiger partial charge is 0.468 e. The van der Waals surface area contributed by atoms with Crippen molar-refractivity contribution in [3.05, 3.63) is 20.3 Å². The number of esters is 1. The van der Waals surface area contributed by atoms with Crippen LogP contribution < -0.4 is 5.32 Å². The summed E-state index contributed by atoms with van der Waals surface area (Å²) >= 11 is 13.3. The topological polar surface area (TPSA) is 38.3 Å². The highest BCUT2D eigenvalue weighted by Crippen LogP contribution is 2.35. The van der Waals surface area contributed by atoms with E-state index < -0.39 is 0 Å². The molecular weight excluding hydrogens is 281 g/mol. The fourth-order valence-corrected chi connectivity index (χ4v) is 3.18. The normalized spacial score (nSPS) is 14.4. The van der Waals surface area contributed by atoms with Crippen LogP contribution in [0.2, 0.25) is 8.67 Å². The van der Waals surface area contributed by atoms with Crippen LogP contribution in [0.3, 0.4) is 0 Å². The first kappa shape index (κ1) is 14.8. The fourth-order valence-electron chi connectivity index (χ4n) is 1.53. The summed E-state index contributed by atoms with van der Waals surface area (Å²) < 4.78 is 6.01. The summed E-state index contributed by atoms with van der Waals surface area (Å²) in [6.45, 7) is 3.86. The summed E-state index contributed by atoms with van der Waals surface area (Å²) in [6, 6.07) is 1.44. The van der Waals surface area contributed by atoms with E-state index >= 15 is 0 Å². The minimum Gasteiger partial charge on any atom is -0.468 e. The van der Waals surface area contributed by atoms with Crippen LogP contribution in [0.1, 0.15) is 31.9 Å². The van der Waals surface area contributed by atoms with E-state index in [4.69, 9.17) is 27.9 Å². The molecular formula is C11H15Cl2NO2S. The summed E-state index contributed by atoms with van der Waals surface area (Å²) in [6.07, 6.45) is 0.659. The third-order valence-corrected chi connectivity index (χ3v) is 4.01. The van der Waals surface area contributed by atoms with Crippen LogP contribution in [0, 0.1) is 0 Å². The summed E-state index contributed by atoms with van der Waals surface area (Å²) in [5.41, 5.74) is 0.906. The van der Waals surface area contributed by atoms with Crippen molar-refractivity contribution in [1.29, 1.82) is 0 Å². The Morgan fingerprint density at radius 2 is 2.24 bits per heavy atom. The highest BCUT2D eigenvalue weighted by atomic mass is 35.5. The number of thiophene rings is 1. The molecule has 1 rings (SSSR count). The minimum atomic E-state index is -0.329. The molecule has 6 heteroatoms. The Labute approximate surface area is 115 Å². The van der Waals surface area contributed by atoms with Crippen molar-refractivity contribution < 1.29 is 9.53 Å². The van der Waals surface area contributed by atoms with Crippen LogP contribution in [0.25, 0.3) is 0 Å². The van der Waals surface area contributed by atoms with E-state index in [0.29, 0.717) is 15.1 Å². The van der Waals surface area contributed by atoms with Gasteiger partial charge < -0.3 is 4.74 Å². The van der Waals surface area contributed by atoms with Gasteiger partial charge in [0.15, 0.2) is 0 Å². The predicted molar refractivity (Wildman–Crippen MR) is 72.0 cm³/mol. The predicted octanol–water partition coefficient (Wildman–Crippen LogP) is 3.66. The average Bonchev–Trinajstić information content (AvgIpc) is 2.64. The molecule has 2 unspecified atom stereocenters. The van der Waals surface area contributed by atoms with Gasteiger partial charge in [0.05, 0.1) is 15.8 Å². The van der Waals surface area contributed by atoms with Crippen molar-refractivity contribution in [3.63, 3.8) is 0 Å². The first-order valence-corrected chi connectivity index (χ1v) is 6.85. The van der Waals surface area contributed by atoms with E-state index in [-0.39, 0.29) is 18.1 Å². The number of rotatable bonds is 5. The lowest BCUT2D eigenvalue weighted by atomic mass is 10.1. The molecule has 0 spiro atoms. The molecule has 1 heterocycles. The van der Waals surface area contributed by atoms with E-state index in [1.54, 1.807) is 0 Å². The Balaban J connectivity index is 2.74. The van der Waals surface area contributed by atoms with Gasteiger partial charge in [-0.1, -0.05) is 30.1 Å². The van der Waals surface area contributed by atoms with Gasteiger partial charge in [-0.3, -0.25) is 10.1 Å².